The van der Waals surface area contributed by atoms with Gasteiger partial charge in [0.2, 0.25) is 11.6 Å². The lowest BCUT2D eigenvalue weighted by atomic mass is 9.81. The standard InChI is InChI=1S/C32H37BrN4O/c1-32(2)28-23-27(36-26-9-5-3-6-10-26)17-18-29(28)37(22-8-4-7-11-31(38)35-21-20-34)30(32)19-14-24-12-15-25(33)16-13-24/h3,5-6,9-10,12-19,23,36H,4,7-8,11,20-22,34H2,1-2H3/p+1/b19-14+. The Balaban J connectivity index is 1.55. The van der Waals surface area contributed by atoms with Gasteiger partial charge in [0.25, 0.3) is 0 Å². The number of amides is 1. The monoisotopic (exact) mass is 573 g/mol. The van der Waals surface area contributed by atoms with E-state index in [9.17, 15) is 4.79 Å². The van der Waals surface area contributed by atoms with Crippen LogP contribution < -0.4 is 16.4 Å². The van der Waals surface area contributed by atoms with Crippen molar-refractivity contribution in [3.63, 3.8) is 0 Å². The predicted octanol–water partition coefficient (Wildman–Crippen LogP) is 6.92. The van der Waals surface area contributed by atoms with Gasteiger partial charge in [-0.3, -0.25) is 4.79 Å². The Kier molecular flexibility index (Phi) is 9.53. The highest BCUT2D eigenvalue weighted by atomic mass is 79.9. The quantitative estimate of drug-likeness (QED) is 0.163. The van der Waals surface area contributed by atoms with Crippen LogP contribution in [0.25, 0.3) is 6.08 Å². The van der Waals surface area contributed by atoms with Crippen LogP contribution in [0, 0.1) is 0 Å². The summed E-state index contributed by atoms with van der Waals surface area (Å²) in [7, 11) is 0. The van der Waals surface area contributed by atoms with E-state index in [2.05, 4.69) is 112 Å². The number of fused-ring (bicyclic) bond motifs is 1. The molecular weight excluding hydrogens is 536 g/mol. The number of nitrogens with zero attached hydrogens (tertiary/aromatic N) is 1. The van der Waals surface area contributed by atoms with Gasteiger partial charge in [-0.2, -0.15) is 4.58 Å². The lowest BCUT2D eigenvalue weighted by Crippen LogP contribution is -2.28. The van der Waals surface area contributed by atoms with Gasteiger partial charge in [-0.25, -0.2) is 0 Å². The molecule has 3 aromatic carbocycles. The van der Waals surface area contributed by atoms with Crippen molar-refractivity contribution in [2.24, 2.45) is 5.73 Å². The molecule has 5 nitrogen and oxygen atoms in total. The van der Waals surface area contributed by atoms with Crippen molar-refractivity contribution in [2.45, 2.75) is 44.9 Å². The molecule has 0 aliphatic carbocycles. The lowest BCUT2D eigenvalue weighted by Gasteiger charge is -2.17. The lowest BCUT2D eigenvalue weighted by molar-refractivity contribution is -0.438. The van der Waals surface area contributed by atoms with Gasteiger partial charge in [-0.1, -0.05) is 46.3 Å². The van der Waals surface area contributed by atoms with Crippen molar-refractivity contribution >= 4 is 50.7 Å². The summed E-state index contributed by atoms with van der Waals surface area (Å²) in [4.78, 5) is 11.9. The van der Waals surface area contributed by atoms with Crippen LogP contribution in [0.1, 0.15) is 50.7 Å². The smallest absolute Gasteiger partial charge is 0.220 e. The third kappa shape index (κ3) is 7.00. The maximum absolute atomic E-state index is 11.9. The zero-order chi connectivity index (χ0) is 27.0. The van der Waals surface area contributed by atoms with Crippen LogP contribution >= 0.6 is 15.9 Å². The predicted molar refractivity (Wildman–Crippen MR) is 163 cm³/mol. The molecule has 1 heterocycles. The zero-order valence-corrected chi connectivity index (χ0v) is 23.9. The summed E-state index contributed by atoms with van der Waals surface area (Å²) in [6.07, 6.45) is 7.92. The van der Waals surface area contributed by atoms with Gasteiger partial charge in [0.05, 0.1) is 5.41 Å². The molecular formula is C32H38BrN4O+. The summed E-state index contributed by atoms with van der Waals surface area (Å²) in [6, 6.07) is 25.4. The second-order valence-corrected chi connectivity index (χ2v) is 11.1. The van der Waals surface area contributed by atoms with E-state index in [1.54, 1.807) is 0 Å². The minimum Gasteiger partial charge on any atom is -0.356 e. The molecule has 38 heavy (non-hydrogen) atoms. The fraction of sp³-hybridized carbons (Fsp3) is 0.312. The van der Waals surface area contributed by atoms with Crippen molar-refractivity contribution in [3.8, 4) is 0 Å². The summed E-state index contributed by atoms with van der Waals surface area (Å²) >= 11 is 3.53. The molecule has 4 rings (SSSR count). The van der Waals surface area contributed by atoms with Crippen molar-refractivity contribution in [2.75, 3.05) is 25.0 Å². The maximum Gasteiger partial charge on any atom is 0.220 e. The summed E-state index contributed by atoms with van der Waals surface area (Å²) in [5, 5.41) is 6.41. The van der Waals surface area contributed by atoms with E-state index in [-0.39, 0.29) is 11.3 Å². The molecule has 0 spiro atoms. The molecule has 0 saturated carbocycles. The number of allylic oxidation sites excluding steroid dienone is 1. The number of carbonyl (C=O) groups is 1. The van der Waals surface area contributed by atoms with Crippen molar-refractivity contribution in [1.29, 1.82) is 0 Å². The molecule has 6 heteroatoms. The number of hydrogen-bond acceptors (Lipinski definition) is 3. The van der Waals surface area contributed by atoms with Crippen molar-refractivity contribution in [3.05, 3.63) is 94.5 Å². The van der Waals surface area contributed by atoms with Crippen LogP contribution in [0.4, 0.5) is 17.1 Å². The fourth-order valence-corrected chi connectivity index (χ4v) is 5.23. The molecule has 3 aromatic rings. The Hall–Kier alpha value is -3.22. The van der Waals surface area contributed by atoms with Crippen LogP contribution in [-0.2, 0) is 10.2 Å². The van der Waals surface area contributed by atoms with Crippen LogP contribution in [0.2, 0.25) is 0 Å². The Labute approximate surface area is 235 Å². The zero-order valence-electron chi connectivity index (χ0n) is 22.3. The number of unbranched alkanes of at least 4 members (excludes halogenated alkanes) is 2. The molecule has 0 aromatic heterocycles. The number of carbonyl (C=O) groups excluding carboxylic acids is 1. The van der Waals surface area contributed by atoms with Crippen molar-refractivity contribution in [1.82, 2.24) is 5.32 Å². The highest BCUT2D eigenvalue weighted by Gasteiger charge is 2.44. The molecule has 0 atom stereocenters. The van der Waals surface area contributed by atoms with E-state index in [1.807, 2.05) is 18.2 Å². The highest BCUT2D eigenvalue weighted by molar-refractivity contribution is 9.10. The molecule has 1 aliphatic heterocycles. The van der Waals surface area contributed by atoms with E-state index >= 15 is 0 Å². The van der Waals surface area contributed by atoms with E-state index < -0.39 is 0 Å². The molecule has 0 fully saturated rings. The minimum absolute atomic E-state index is 0.0891. The molecule has 0 unspecified atom stereocenters. The molecule has 0 saturated heterocycles. The minimum atomic E-state index is -0.155. The number of anilines is 2. The first-order chi connectivity index (χ1) is 18.4. The van der Waals surface area contributed by atoms with E-state index in [1.165, 1.54) is 22.5 Å². The normalized spacial score (nSPS) is 14.1. The number of rotatable bonds is 12. The molecule has 0 bridgehead atoms. The fourth-order valence-electron chi connectivity index (χ4n) is 4.96. The van der Waals surface area contributed by atoms with Gasteiger partial charge >= 0.3 is 0 Å². The molecule has 0 radical (unpaired) electrons. The Morgan fingerprint density at radius 3 is 2.45 bits per heavy atom. The van der Waals surface area contributed by atoms with Crippen molar-refractivity contribution < 1.29 is 9.37 Å². The average molecular weight is 575 g/mol. The van der Waals surface area contributed by atoms with Gasteiger partial charge in [-0.15, -0.1) is 0 Å². The molecule has 4 N–H and O–H groups in total. The summed E-state index contributed by atoms with van der Waals surface area (Å²) < 4.78 is 3.54. The van der Waals surface area contributed by atoms with Gasteiger partial charge in [0, 0.05) is 59.5 Å². The van der Waals surface area contributed by atoms with Crippen LogP contribution in [0.3, 0.4) is 0 Å². The Bertz CT molecular complexity index is 1300. The largest absolute Gasteiger partial charge is 0.356 e. The topological polar surface area (TPSA) is 70.2 Å². The third-order valence-electron chi connectivity index (χ3n) is 7.01. The van der Waals surface area contributed by atoms with Crippen LogP contribution in [0.15, 0.2) is 83.3 Å². The molecule has 1 aliphatic rings. The second-order valence-electron chi connectivity index (χ2n) is 10.2. The number of para-hydroxylation sites is 1. The van der Waals surface area contributed by atoms with Gasteiger partial charge in [0.1, 0.15) is 6.54 Å². The SMILES string of the molecule is CC1(C)C(/C=C/c2ccc(Br)cc2)=[N+](CCCCCC(=O)NCCN)c2ccc(Nc3ccccc3)cc21. The number of halogens is 1. The maximum atomic E-state index is 11.9. The molecule has 1 amide bonds. The third-order valence-corrected chi connectivity index (χ3v) is 7.54. The van der Waals surface area contributed by atoms with Gasteiger partial charge in [-0.05, 0) is 74.7 Å². The van der Waals surface area contributed by atoms with E-state index in [4.69, 9.17) is 5.73 Å². The van der Waals surface area contributed by atoms with E-state index in [0.29, 0.717) is 19.5 Å². The first-order valence-corrected chi connectivity index (χ1v) is 14.2. The number of nitrogens with one attached hydrogen (secondary N) is 2. The number of hydrogen-bond donors (Lipinski definition) is 3. The molecule has 198 valence electrons. The van der Waals surface area contributed by atoms with Crippen LogP contribution in [0.5, 0.6) is 0 Å². The Morgan fingerprint density at radius 1 is 0.947 bits per heavy atom. The van der Waals surface area contributed by atoms with Crippen LogP contribution in [-0.4, -0.2) is 35.8 Å². The van der Waals surface area contributed by atoms with E-state index in [0.717, 1.165) is 41.7 Å². The summed E-state index contributed by atoms with van der Waals surface area (Å²) in [5.41, 5.74) is 12.5. The highest BCUT2D eigenvalue weighted by Crippen LogP contribution is 2.42. The summed E-state index contributed by atoms with van der Waals surface area (Å²) in [6.45, 7) is 6.54. The second kappa shape index (κ2) is 13.0. The number of benzene rings is 3. The van der Waals surface area contributed by atoms with Gasteiger partial charge in [0.15, 0.2) is 5.71 Å². The Morgan fingerprint density at radius 2 is 1.71 bits per heavy atom. The van der Waals surface area contributed by atoms with Gasteiger partial charge < -0.3 is 16.4 Å². The number of nitrogens with two attached hydrogens (primary N) is 1. The first kappa shape index (κ1) is 27.8. The average Bonchev–Trinajstić information content (AvgIpc) is 3.12. The summed E-state index contributed by atoms with van der Waals surface area (Å²) in [5.74, 6) is 0.0891. The first-order valence-electron chi connectivity index (χ1n) is 13.4.